The van der Waals surface area contributed by atoms with Crippen LogP contribution in [0, 0.1) is 24.2 Å². The highest BCUT2D eigenvalue weighted by molar-refractivity contribution is 6.00. The van der Waals surface area contributed by atoms with Crippen molar-refractivity contribution in [3.8, 4) is 6.07 Å². The number of Topliss-reactive ketones (excluding diaryl/α,β-unsaturated/α-hetero) is 1. The van der Waals surface area contributed by atoms with E-state index in [1.165, 1.54) is 12.8 Å². The first-order valence-corrected chi connectivity index (χ1v) is 6.98. The van der Waals surface area contributed by atoms with Gasteiger partial charge in [0, 0.05) is 23.6 Å². The quantitative estimate of drug-likeness (QED) is 0.825. The van der Waals surface area contributed by atoms with Crippen molar-refractivity contribution in [2.45, 2.75) is 44.7 Å². The van der Waals surface area contributed by atoms with Gasteiger partial charge in [0.1, 0.15) is 0 Å². The number of carbonyl (C=O) groups is 1. The van der Waals surface area contributed by atoms with Crippen LogP contribution >= 0.6 is 0 Å². The second-order valence-corrected chi connectivity index (χ2v) is 5.83. The van der Waals surface area contributed by atoms with Crippen LogP contribution in [-0.2, 0) is 0 Å². The van der Waals surface area contributed by atoms with Gasteiger partial charge in [-0.2, -0.15) is 5.26 Å². The summed E-state index contributed by atoms with van der Waals surface area (Å²) in [5, 5.41) is 12.7. The first kappa shape index (κ1) is 12.4. The molecule has 0 spiro atoms. The molecule has 2 aliphatic heterocycles. The van der Waals surface area contributed by atoms with Gasteiger partial charge in [-0.05, 0) is 50.3 Å². The van der Waals surface area contributed by atoms with Crippen molar-refractivity contribution in [3.05, 3.63) is 34.9 Å². The molecule has 0 saturated carbocycles. The van der Waals surface area contributed by atoms with Crippen molar-refractivity contribution < 1.29 is 4.79 Å². The summed E-state index contributed by atoms with van der Waals surface area (Å²) in [6.07, 6.45) is 4.23. The van der Waals surface area contributed by atoms with Crippen molar-refractivity contribution in [2.24, 2.45) is 5.92 Å². The Hall–Kier alpha value is -1.66. The molecule has 2 aliphatic rings. The van der Waals surface area contributed by atoms with Gasteiger partial charge < -0.3 is 5.32 Å². The van der Waals surface area contributed by atoms with E-state index in [-0.39, 0.29) is 11.7 Å². The van der Waals surface area contributed by atoms with Crippen LogP contribution in [0.25, 0.3) is 0 Å². The Morgan fingerprint density at radius 2 is 2.00 bits per heavy atom. The third-order valence-electron chi connectivity index (χ3n) is 4.40. The Bertz CT molecular complexity index is 546. The van der Waals surface area contributed by atoms with E-state index < -0.39 is 0 Å². The molecule has 2 bridgehead atoms. The van der Waals surface area contributed by atoms with E-state index in [4.69, 9.17) is 0 Å². The number of nitrogens with one attached hydrogen (secondary N) is 1. The third-order valence-corrected chi connectivity index (χ3v) is 4.40. The Kier molecular flexibility index (Phi) is 3.12. The van der Waals surface area contributed by atoms with Crippen LogP contribution in [0.1, 0.15) is 47.2 Å². The highest BCUT2D eigenvalue weighted by atomic mass is 16.1. The number of benzene rings is 1. The molecule has 1 aromatic carbocycles. The van der Waals surface area contributed by atoms with Crippen molar-refractivity contribution in [2.75, 3.05) is 0 Å². The first-order valence-electron chi connectivity index (χ1n) is 6.98. The highest BCUT2D eigenvalue weighted by Gasteiger charge is 2.37. The summed E-state index contributed by atoms with van der Waals surface area (Å²) in [6.45, 7) is 1.94. The second kappa shape index (κ2) is 4.79. The standard InChI is InChI=1S/C16H18N2O/c1-10-2-5-15(12(6-10)9-17)16(19)11-7-13-3-4-14(8-11)18-13/h2,5-6,11,13-14,18H,3-4,7-8H2,1H3. The minimum absolute atomic E-state index is 0.0913. The normalized spacial score (nSPS) is 28.9. The van der Waals surface area contributed by atoms with Crippen molar-refractivity contribution in [1.82, 2.24) is 5.32 Å². The average molecular weight is 254 g/mol. The van der Waals surface area contributed by atoms with Crippen LogP contribution in [0.2, 0.25) is 0 Å². The molecule has 2 atom stereocenters. The SMILES string of the molecule is Cc1ccc(C(=O)C2CC3CCC(C2)N3)c(C#N)c1. The topological polar surface area (TPSA) is 52.9 Å². The predicted octanol–water partition coefficient (Wildman–Crippen LogP) is 2.58. The maximum atomic E-state index is 12.6. The summed E-state index contributed by atoms with van der Waals surface area (Å²) >= 11 is 0. The Labute approximate surface area is 113 Å². The Morgan fingerprint density at radius 3 is 2.63 bits per heavy atom. The highest BCUT2D eigenvalue weighted by Crippen LogP contribution is 2.33. The zero-order chi connectivity index (χ0) is 13.4. The molecule has 2 unspecified atom stereocenters. The van der Waals surface area contributed by atoms with Crippen LogP contribution in [0.5, 0.6) is 0 Å². The molecule has 3 rings (SSSR count). The van der Waals surface area contributed by atoms with Crippen LogP contribution in [-0.4, -0.2) is 17.9 Å². The Morgan fingerprint density at radius 1 is 1.32 bits per heavy atom. The lowest BCUT2D eigenvalue weighted by Crippen LogP contribution is -2.40. The summed E-state index contributed by atoms with van der Waals surface area (Å²) in [7, 11) is 0. The van der Waals surface area contributed by atoms with Crippen LogP contribution < -0.4 is 5.32 Å². The van der Waals surface area contributed by atoms with Crippen LogP contribution in [0.15, 0.2) is 18.2 Å². The van der Waals surface area contributed by atoms with Gasteiger partial charge in [-0.3, -0.25) is 4.79 Å². The van der Waals surface area contributed by atoms with E-state index in [0.717, 1.165) is 18.4 Å². The summed E-state index contributed by atoms with van der Waals surface area (Å²) in [5.74, 6) is 0.253. The van der Waals surface area contributed by atoms with Gasteiger partial charge in [0.05, 0.1) is 11.6 Å². The molecule has 3 nitrogen and oxygen atoms in total. The number of hydrogen-bond donors (Lipinski definition) is 1. The van der Waals surface area contributed by atoms with Gasteiger partial charge in [-0.15, -0.1) is 0 Å². The number of rotatable bonds is 2. The smallest absolute Gasteiger partial charge is 0.167 e. The largest absolute Gasteiger partial charge is 0.311 e. The summed E-state index contributed by atoms with van der Waals surface area (Å²) in [5.41, 5.74) is 2.16. The number of piperidine rings is 1. The molecule has 98 valence electrons. The molecule has 0 amide bonds. The summed E-state index contributed by atoms with van der Waals surface area (Å²) < 4.78 is 0. The molecular formula is C16H18N2O. The van der Waals surface area contributed by atoms with Gasteiger partial charge in [0.2, 0.25) is 0 Å². The second-order valence-electron chi connectivity index (χ2n) is 5.83. The lowest BCUT2D eigenvalue weighted by molar-refractivity contribution is 0.0875. The lowest BCUT2D eigenvalue weighted by Gasteiger charge is -2.28. The van der Waals surface area contributed by atoms with Gasteiger partial charge in [-0.1, -0.05) is 6.07 Å². The molecule has 2 heterocycles. The number of nitriles is 1. The molecule has 0 radical (unpaired) electrons. The van der Waals surface area contributed by atoms with E-state index in [1.807, 2.05) is 25.1 Å². The molecule has 2 fully saturated rings. The summed E-state index contributed by atoms with van der Waals surface area (Å²) in [6, 6.07) is 8.71. The predicted molar refractivity (Wildman–Crippen MR) is 72.9 cm³/mol. The first-order chi connectivity index (χ1) is 9.17. The van der Waals surface area contributed by atoms with Crippen LogP contribution in [0.3, 0.4) is 0 Å². The molecule has 1 aromatic rings. The number of aryl methyl sites for hydroxylation is 1. The minimum Gasteiger partial charge on any atom is -0.311 e. The number of nitrogens with zero attached hydrogens (tertiary/aromatic N) is 1. The van der Waals surface area contributed by atoms with Gasteiger partial charge in [0.25, 0.3) is 0 Å². The van der Waals surface area contributed by atoms with E-state index >= 15 is 0 Å². The zero-order valence-electron chi connectivity index (χ0n) is 11.1. The van der Waals surface area contributed by atoms with E-state index in [1.54, 1.807) is 0 Å². The zero-order valence-corrected chi connectivity index (χ0v) is 11.1. The molecule has 1 N–H and O–H groups in total. The van der Waals surface area contributed by atoms with Crippen LogP contribution in [0.4, 0.5) is 0 Å². The fourth-order valence-corrected chi connectivity index (χ4v) is 3.46. The maximum Gasteiger partial charge on any atom is 0.167 e. The van der Waals surface area contributed by atoms with E-state index in [0.29, 0.717) is 23.2 Å². The molecule has 19 heavy (non-hydrogen) atoms. The van der Waals surface area contributed by atoms with Gasteiger partial charge >= 0.3 is 0 Å². The van der Waals surface area contributed by atoms with E-state index in [2.05, 4.69) is 11.4 Å². The number of ketones is 1. The third kappa shape index (κ3) is 2.29. The maximum absolute atomic E-state index is 12.6. The van der Waals surface area contributed by atoms with Crippen molar-refractivity contribution in [3.63, 3.8) is 0 Å². The van der Waals surface area contributed by atoms with Gasteiger partial charge in [-0.25, -0.2) is 0 Å². The van der Waals surface area contributed by atoms with Gasteiger partial charge in [0.15, 0.2) is 5.78 Å². The molecule has 0 aromatic heterocycles. The average Bonchev–Trinajstić information content (AvgIpc) is 2.76. The minimum atomic E-state index is 0.0913. The number of hydrogen-bond acceptors (Lipinski definition) is 3. The molecule has 0 aliphatic carbocycles. The summed E-state index contributed by atoms with van der Waals surface area (Å²) in [4.78, 5) is 12.6. The fraction of sp³-hybridized carbons (Fsp3) is 0.500. The van der Waals surface area contributed by atoms with E-state index in [9.17, 15) is 10.1 Å². The fourth-order valence-electron chi connectivity index (χ4n) is 3.46. The van der Waals surface area contributed by atoms with Crippen molar-refractivity contribution in [1.29, 1.82) is 5.26 Å². The molecule has 3 heteroatoms. The molecular weight excluding hydrogens is 236 g/mol. The Balaban J connectivity index is 1.86. The number of fused-ring (bicyclic) bond motifs is 2. The lowest BCUT2D eigenvalue weighted by atomic mass is 9.84. The van der Waals surface area contributed by atoms with Crippen molar-refractivity contribution >= 4 is 5.78 Å². The monoisotopic (exact) mass is 254 g/mol. The molecule has 2 saturated heterocycles. The number of carbonyl (C=O) groups excluding carboxylic acids is 1.